The number of hydrogen-bond donors (Lipinski definition) is 0. The zero-order valence-electron chi connectivity index (χ0n) is 9.68. The topological polar surface area (TPSA) is 3.24 Å². The molecule has 1 aromatic carbocycles. The van der Waals surface area contributed by atoms with Crippen molar-refractivity contribution in [2.75, 3.05) is 11.4 Å². The van der Waals surface area contributed by atoms with Crippen LogP contribution in [0.15, 0.2) is 54.8 Å². The van der Waals surface area contributed by atoms with Crippen LogP contribution in [-0.4, -0.2) is 6.54 Å². The minimum Gasteiger partial charge on any atom is -0.348 e. The van der Waals surface area contributed by atoms with E-state index in [0.29, 0.717) is 0 Å². The van der Waals surface area contributed by atoms with Crippen molar-refractivity contribution in [3.63, 3.8) is 0 Å². The Kier molecular flexibility index (Phi) is 4.24. The molecule has 0 spiro atoms. The second kappa shape index (κ2) is 6.16. The summed E-state index contributed by atoms with van der Waals surface area (Å²) in [4.78, 5) is 2.33. The molecule has 0 atom stereocenters. The minimum absolute atomic E-state index is 1.12. The zero-order chi connectivity index (χ0) is 11.1. The van der Waals surface area contributed by atoms with Crippen LogP contribution in [0, 0.1) is 0 Å². The lowest BCUT2D eigenvalue weighted by Gasteiger charge is -2.20. The second-order valence-electron chi connectivity index (χ2n) is 4.15. The van der Waals surface area contributed by atoms with E-state index >= 15 is 0 Å². The molecule has 0 radical (unpaired) electrons. The van der Waals surface area contributed by atoms with Gasteiger partial charge in [0.1, 0.15) is 0 Å². The Bertz CT molecular complexity index is 351. The van der Waals surface area contributed by atoms with E-state index in [1.165, 1.54) is 31.4 Å². The van der Waals surface area contributed by atoms with Crippen LogP contribution in [0.4, 0.5) is 5.69 Å². The normalized spacial score (nSPS) is 17.4. The van der Waals surface area contributed by atoms with E-state index in [2.05, 4.69) is 59.7 Å². The Morgan fingerprint density at radius 2 is 1.75 bits per heavy atom. The molecule has 1 aliphatic heterocycles. The lowest BCUT2D eigenvalue weighted by Crippen LogP contribution is -2.17. The Morgan fingerprint density at radius 3 is 2.62 bits per heavy atom. The van der Waals surface area contributed by atoms with Gasteiger partial charge in [-0.25, -0.2) is 0 Å². The number of hydrogen-bond acceptors (Lipinski definition) is 1. The van der Waals surface area contributed by atoms with E-state index in [4.69, 9.17) is 0 Å². The van der Waals surface area contributed by atoms with E-state index in [-0.39, 0.29) is 0 Å². The van der Waals surface area contributed by atoms with Gasteiger partial charge in [-0.1, -0.05) is 36.8 Å². The van der Waals surface area contributed by atoms with Crippen LogP contribution in [-0.2, 0) is 0 Å². The molecule has 0 unspecified atom stereocenters. The molecular weight excluding hydrogens is 194 g/mol. The third kappa shape index (κ3) is 3.27. The van der Waals surface area contributed by atoms with Crippen LogP contribution >= 0.6 is 0 Å². The molecule has 1 nitrogen and oxygen atoms in total. The Labute approximate surface area is 98.1 Å². The summed E-state index contributed by atoms with van der Waals surface area (Å²) in [7, 11) is 0. The van der Waals surface area contributed by atoms with Gasteiger partial charge in [-0.3, -0.25) is 0 Å². The summed E-state index contributed by atoms with van der Waals surface area (Å²) in [6.07, 6.45) is 13.8. The number of nitrogens with zero attached hydrogens (tertiary/aromatic N) is 1. The standard InChI is InChI=1S/C15H19N/c1-2-4-9-13-16(14-10-5-3-1)15-11-7-6-8-12-15/h2,4,6-9,11-13H,1,3,5,10,14H2. The van der Waals surface area contributed by atoms with Crippen LogP contribution in [0.5, 0.6) is 0 Å². The molecule has 16 heavy (non-hydrogen) atoms. The van der Waals surface area contributed by atoms with Gasteiger partial charge in [-0.2, -0.15) is 0 Å². The number of rotatable bonds is 1. The summed E-state index contributed by atoms with van der Waals surface area (Å²) in [6, 6.07) is 10.6. The predicted octanol–water partition coefficient (Wildman–Crippen LogP) is 4.14. The van der Waals surface area contributed by atoms with Crippen LogP contribution in [0.3, 0.4) is 0 Å². The third-order valence-corrected chi connectivity index (χ3v) is 2.87. The maximum atomic E-state index is 2.33. The molecule has 0 bridgehead atoms. The first-order valence-corrected chi connectivity index (χ1v) is 6.12. The smallest absolute Gasteiger partial charge is 0.0406 e. The maximum Gasteiger partial charge on any atom is 0.0406 e. The predicted molar refractivity (Wildman–Crippen MR) is 70.5 cm³/mol. The molecule has 1 aliphatic rings. The van der Waals surface area contributed by atoms with Crippen molar-refractivity contribution < 1.29 is 0 Å². The fraction of sp³-hybridized carbons (Fsp3) is 0.333. The van der Waals surface area contributed by atoms with Gasteiger partial charge in [0.05, 0.1) is 0 Å². The Hall–Kier alpha value is -1.50. The van der Waals surface area contributed by atoms with Crippen molar-refractivity contribution in [2.45, 2.75) is 25.7 Å². The first-order valence-electron chi connectivity index (χ1n) is 6.12. The molecule has 0 N–H and O–H groups in total. The van der Waals surface area contributed by atoms with Gasteiger partial charge in [0, 0.05) is 18.4 Å². The van der Waals surface area contributed by atoms with Gasteiger partial charge in [-0.15, -0.1) is 0 Å². The molecule has 0 fully saturated rings. The van der Waals surface area contributed by atoms with E-state index in [1.807, 2.05) is 0 Å². The summed E-state index contributed by atoms with van der Waals surface area (Å²) < 4.78 is 0. The highest BCUT2D eigenvalue weighted by Crippen LogP contribution is 2.16. The lowest BCUT2D eigenvalue weighted by molar-refractivity contribution is 0.684. The average molecular weight is 213 g/mol. The number of anilines is 1. The Balaban J connectivity index is 2.11. The monoisotopic (exact) mass is 213 g/mol. The fourth-order valence-corrected chi connectivity index (χ4v) is 1.96. The van der Waals surface area contributed by atoms with Crippen molar-refractivity contribution in [2.24, 2.45) is 0 Å². The van der Waals surface area contributed by atoms with E-state index < -0.39 is 0 Å². The highest BCUT2D eigenvalue weighted by atomic mass is 15.1. The fourth-order valence-electron chi connectivity index (χ4n) is 1.96. The quantitative estimate of drug-likeness (QED) is 0.677. The lowest BCUT2D eigenvalue weighted by atomic mass is 10.1. The first kappa shape index (κ1) is 11.0. The molecule has 84 valence electrons. The summed E-state index contributed by atoms with van der Waals surface area (Å²) in [5, 5.41) is 0. The molecule has 1 heteroatoms. The van der Waals surface area contributed by atoms with Gasteiger partial charge in [0.15, 0.2) is 0 Å². The van der Waals surface area contributed by atoms with Gasteiger partial charge in [0.2, 0.25) is 0 Å². The molecule has 1 aromatic rings. The summed E-state index contributed by atoms with van der Waals surface area (Å²) in [5.74, 6) is 0. The summed E-state index contributed by atoms with van der Waals surface area (Å²) in [6.45, 7) is 1.12. The molecule has 0 aliphatic carbocycles. The summed E-state index contributed by atoms with van der Waals surface area (Å²) >= 11 is 0. The number of allylic oxidation sites excluding steroid dienone is 3. The average Bonchev–Trinajstić information content (AvgIpc) is 2.37. The van der Waals surface area contributed by atoms with Crippen molar-refractivity contribution in [3.8, 4) is 0 Å². The molecule has 0 saturated heterocycles. The first-order chi connectivity index (χ1) is 7.97. The van der Waals surface area contributed by atoms with E-state index in [0.717, 1.165) is 6.54 Å². The van der Waals surface area contributed by atoms with Crippen molar-refractivity contribution in [3.05, 3.63) is 54.8 Å². The van der Waals surface area contributed by atoms with Gasteiger partial charge in [0.25, 0.3) is 0 Å². The molecule has 2 rings (SSSR count). The number of para-hydroxylation sites is 1. The highest BCUT2D eigenvalue weighted by Gasteiger charge is 2.01. The largest absolute Gasteiger partial charge is 0.348 e. The summed E-state index contributed by atoms with van der Waals surface area (Å²) in [5.41, 5.74) is 1.28. The SMILES string of the molecule is C1=CCCCCCN(c2ccccc2)C=C1. The van der Waals surface area contributed by atoms with Crippen LogP contribution in [0.25, 0.3) is 0 Å². The van der Waals surface area contributed by atoms with Crippen LogP contribution in [0.1, 0.15) is 25.7 Å². The molecule has 1 heterocycles. The Morgan fingerprint density at radius 1 is 0.875 bits per heavy atom. The minimum atomic E-state index is 1.12. The number of benzene rings is 1. The molecular formula is C15H19N. The third-order valence-electron chi connectivity index (χ3n) is 2.87. The van der Waals surface area contributed by atoms with Crippen molar-refractivity contribution in [1.82, 2.24) is 0 Å². The van der Waals surface area contributed by atoms with E-state index in [1.54, 1.807) is 0 Å². The van der Waals surface area contributed by atoms with Gasteiger partial charge in [-0.05, 0) is 37.5 Å². The van der Waals surface area contributed by atoms with Crippen molar-refractivity contribution in [1.29, 1.82) is 0 Å². The van der Waals surface area contributed by atoms with Gasteiger partial charge >= 0.3 is 0 Å². The van der Waals surface area contributed by atoms with Crippen LogP contribution < -0.4 is 4.90 Å². The van der Waals surface area contributed by atoms with Crippen molar-refractivity contribution >= 4 is 5.69 Å². The van der Waals surface area contributed by atoms with E-state index in [9.17, 15) is 0 Å². The molecule has 0 aromatic heterocycles. The second-order valence-corrected chi connectivity index (χ2v) is 4.15. The maximum absolute atomic E-state index is 2.33. The zero-order valence-corrected chi connectivity index (χ0v) is 9.68. The molecule has 0 saturated carbocycles. The van der Waals surface area contributed by atoms with Crippen LogP contribution in [0.2, 0.25) is 0 Å². The molecule has 0 amide bonds. The highest BCUT2D eigenvalue weighted by molar-refractivity contribution is 5.49. The van der Waals surface area contributed by atoms with Gasteiger partial charge < -0.3 is 4.90 Å².